The van der Waals surface area contributed by atoms with Crippen molar-refractivity contribution in [2.75, 3.05) is 24.0 Å². The van der Waals surface area contributed by atoms with Gasteiger partial charge in [-0.1, -0.05) is 41.9 Å². The van der Waals surface area contributed by atoms with Crippen LogP contribution in [-0.2, 0) is 26.2 Å². The number of sulfonamides is 1. The lowest BCUT2D eigenvalue weighted by Crippen LogP contribution is -2.49. The number of benzene rings is 3. The van der Waals surface area contributed by atoms with Crippen LogP contribution in [0.15, 0.2) is 77.7 Å². The number of carbonyl (C=O) groups excluding carboxylic acids is 1. The van der Waals surface area contributed by atoms with E-state index in [-0.39, 0.29) is 49.0 Å². The third-order valence-corrected chi connectivity index (χ3v) is 8.13. The molecule has 0 aliphatic carbocycles. The standard InChI is InChI=1S/C26H25ClF2N2O4S/c27-20-6-9-23(10-7-20)36(33,34)31(25-16-21(28)8-11-24(25)29)22-12-14-30(15-13-22)26(32)18-35-17-19-4-2-1-3-5-19/h1-11,16,22H,12-15,17-18H2. The summed E-state index contributed by atoms with van der Waals surface area (Å²) in [4.78, 5) is 14.1. The van der Waals surface area contributed by atoms with Gasteiger partial charge in [-0.05, 0) is 54.8 Å². The van der Waals surface area contributed by atoms with E-state index in [1.54, 1.807) is 4.90 Å². The van der Waals surface area contributed by atoms with Gasteiger partial charge in [0.1, 0.15) is 18.2 Å². The molecule has 0 unspecified atom stereocenters. The van der Waals surface area contributed by atoms with Crippen LogP contribution in [0.4, 0.5) is 14.5 Å². The lowest BCUT2D eigenvalue weighted by molar-refractivity contribution is -0.137. The van der Waals surface area contributed by atoms with Crippen LogP contribution < -0.4 is 4.31 Å². The van der Waals surface area contributed by atoms with Crippen molar-refractivity contribution in [3.05, 3.63) is 95.0 Å². The Hall–Kier alpha value is -3.01. The minimum absolute atomic E-state index is 0.0941. The van der Waals surface area contributed by atoms with Crippen LogP contribution in [0.25, 0.3) is 0 Å². The zero-order valence-electron chi connectivity index (χ0n) is 19.3. The van der Waals surface area contributed by atoms with Crippen molar-refractivity contribution in [2.24, 2.45) is 0 Å². The summed E-state index contributed by atoms with van der Waals surface area (Å²) in [5.41, 5.74) is 0.574. The fourth-order valence-electron chi connectivity index (χ4n) is 4.17. The van der Waals surface area contributed by atoms with Crippen molar-refractivity contribution >= 4 is 33.2 Å². The molecule has 0 aromatic heterocycles. The highest BCUT2D eigenvalue weighted by atomic mass is 35.5. The SMILES string of the molecule is O=C(COCc1ccccc1)N1CCC(N(c2cc(F)ccc2F)S(=O)(=O)c2ccc(Cl)cc2)CC1. The van der Waals surface area contributed by atoms with E-state index in [9.17, 15) is 22.0 Å². The fourth-order valence-corrected chi connectivity index (χ4v) is 6.00. The summed E-state index contributed by atoms with van der Waals surface area (Å²) in [5, 5.41) is 0.346. The predicted molar refractivity (Wildman–Crippen MR) is 133 cm³/mol. The Morgan fingerprint density at radius 2 is 1.67 bits per heavy atom. The van der Waals surface area contributed by atoms with E-state index in [4.69, 9.17) is 16.3 Å². The number of amides is 1. The summed E-state index contributed by atoms with van der Waals surface area (Å²) in [5.74, 6) is -1.83. The van der Waals surface area contributed by atoms with E-state index < -0.39 is 27.7 Å². The Balaban J connectivity index is 1.49. The first-order valence-electron chi connectivity index (χ1n) is 11.4. The Morgan fingerprint density at radius 1 is 1.00 bits per heavy atom. The number of likely N-dealkylation sites (tertiary alicyclic amines) is 1. The molecule has 0 atom stereocenters. The molecule has 0 spiro atoms. The molecular formula is C26H25ClF2N2O4S. The maximum atomic E-state index is 14.8. The second kappa shape index (κ2) is 11.4. The van der Waals surface area contributed by atoms with Crippen LogP contribution in [0.1, 0.15) is 18.4 Å². The number of rotatable bonds is 8. The highest BCUT2D eigenvalue weighted by molar-refractivity contribution is 7.92. The van der Waals surface area contributed by atoms with Gasteiger partial charge in [-0.3, -0.25) is 9.10 Å². The molecule has 10 heteroatoms. The van der Waals surface area contributed by atoms with Crippen molar-refractivity contribution in [2.45, 2.75) is 30.4 Å². The first-order chi connectivity index (χ1) is 17.3. The molecule has 1 aliphatic heterocycles. The monoisotopic (exact) mass is 534 g/mol. The number of halogens is 3. The third-order valence-electron chi connectivity index (χ3n) is 6.00. The van der Waals surface area contributed by atoms with Crippen LogP contribution in [0.2, 0.25) is 5.02 Å². The summed E-state index contributed by atoms with van der Waals surface area (Å²) in [7, 11) is -4.25. The molecule has 190 valence electrons. The van der Waals surface area contributed by atoms with Gasteiger partial charge in [0.2, 0.25) is 5.91 Å². The van der Waals surface area contributed by atoms with E-state index in [0.717, 1.165) is 28.1 Å². The minimum atomic E-state index is -4.25. The van der Waals surface area contributed by atoms with Crippen molar-refractivity contribution < 1.29 is 26.7 Å². The van der Waals surface area contributed by atoms with E-state index in [1.807, 2.05) is 30.3 Å². The average Bonchev–Trinajstić information content (AvgIpc) is 2.87. The zero-order valence-corrected chi connectivity index (χ0v) is 20.9. The minimum Gasteiger partial charge on any atom is -0.367 e. The van der Waals surface area contributed by atoms with E-state index in [0.29, 0.717) is 11.6 Å². The number of piperidine rings is 1. The molecule has 36 heavy (non-hydrogen) atoms. The maximum Gasteiger partial charge on any atom is 0.264 e. The normalized spacial score (nSPS) is 14.6. The highest BCUT2D eigenvalue weighted by Gasteiger charge is 2.36. The molecule has 1 heterocycles. The first-order valence-corrected chi connectivity index (χ1v) is 13.2. The molecule has 1 saturated heterocycles. The molecular weight excluding hydrogens is 510 g/mol. The van der Waals surface area contributed by atoms with Crippen molar-refractivity contribution in [3.8, 4) is 0 Å². The van der Waals surface area contributed by atoms with E-state index in [1.165, 1.54) is 24.3 Å². The molecule has 4 rings (SSSR count). The molecule has 0 radical (unpaired) electrons. The van der Waals surface area contributed by atoms with Gasteiger partial charge in [-0.2, -0.15) is 0 Å². The van der Waals surface area contributed by atoms with E-state index in [2.05, 4.69) is 0 Å². The van der Waals surface area contributed by atoms with Gasteiger partial charge in [0.15, 0.2) is 0 Å². The largest absolute Gasteiger partial charge is 0.367 e. The molecule has 3 aromatic rings. The van der Waals surface area contributed by atoms with Gasteiger partial charge in [-0.15, -0.1) is 0 Å². The Morgan fingerprint density at radius 3 is 2.33 bits per heavy atom. The van der Waals surface area contributed by atoms with Crippen molar-refractivity contribution in [3.63, 3.8) is 0 Å². The number of carbonyl (C=O) groups is 1. The second-order valence-corrected chi connectivity index (χ2v) is 10.7. The average molecular weight is 535 g/mol. The number of hydrogen-bond donors (Lipinski definition) is 0. The van der Waals surface area contributed by atoms with Gasteiger partial charge < -0.3 is 9.64 Å². The Labute approximate surface area is 214 Å². The predicted octanol–water partition coefficient (Wildman–Crippen LogP) is 5.02. The molecule has 0 bridgehead atoms. The number of nitrogens with zero attached hydrogens (tertiary/aromatic N) is 2. The van der Waals surface area contributed by atoms with E-state index >= 15 is 0 Å². The third kappa shape index (κ3) is 6.03. The molecule has 1 fully saturated rings. The van der Waals surface area contributed by atoms with Crippen LogP contribution in [0.3, 0.4) is 0 Å². The van der Waals surface area contributed by atoms with Crippen LogP contribution in [-0.4, -0.2) is 45.0 Å². The summed E-state index contributed by atoms with van der Waals surface area (Å²) in [6.07, 6.45) is 0.487. The van der Waals surface area contributed by atoms with Gasteiger partial charge in [0.05, 0.1) is 17.2 Å². The van der Waals surface area contributed by atoms with Gasteiger partial charge in [-0.25, -0.2) is 17.2 Å². The summed E-state index contributed by atoms with van der Waals surface area (Å²) in [6.45, 7) is 0.698. The molecule has 0 N–H and O–H groups in total. The van der Waals surface area contributed by atoms with Gasteiger partial charge in [0, 0.05) is 30.2 Å². The van der Waals surface area contributed by atoms with Crippen LogP contribution >= 0.6 is 11.6 Å². The molecule has 3 aromatic carbocycles. The Kier molecular flexibility index (Phi) is 8.23. The van der Waals surface area contributed by atoms with Crippen molar-refractivity contribution in [1.29, 1.82) is 0 Å². The summed E-state index contributed by atoms with van der Waals surface area (Å²) < 4.78 is 62.5. The molecule has 6 nitrogen and oxygen atoms in total. The zero-order chi connectivity index (χ0) is 25.7. The molecule has 1 aliphatic rings. The Bertz CT molecular complexity index is 1300. The van der Waals surface area contributed by atoms with Crippen LogP contribution in [0.5, 0.6) is 0 Å². The second-order valence-electron chi connectivity index (χ2n) is 8.44. The smallest absolute Gasteiger partial charge is 0.264 e. The van der Waals surface area contributed by atoms with Gasteiger partial charge >= 0.3 is 0 Å². The van der Waals surface area contributed by atoms with Gasteiger partial charge in [0.25, 0.3) is 10.0 Å². The number of anilines is 1. The lowest BCUT2D eigenvalue weighted by atomic mass is 10.0. The fraction of sp³-hybridized carbons (Fsp3) is 0.269. The lowest BCUT2D eigenvalue weighted by Gasteiger charge is -2.39. The summed E-state index contributed by atoms with van der Waals surface area (Å²) >= 11 is 5.90. The molecule has 0 saturated carbocycles. The molecule has 1 amide bonds. The number of hydrogen-bond acceptors (Lipinski definition) is 4. The maximum absolute atomic E-state index is 14.8. The summed E-state index contributed by atoms with van der Waals surface area (Å²) in [6, 6.07) is 17.0. The van der Waals surface area contributed by atoms with Crippen molar-refractivity contribution in [1.82, 2.24) is 4.90 Å². The highest BCUT2D eigenvalue weighted by Crippen LogP contribution is 2.33. The van der Waals surface area contributed by atoms with Crippen LogP contribution in [0, 0.1) is 11.6 Å². The quantitative estimate of drug-likeness (QED) is 0.407. The first kappa shape index (κ1) is 26.1. The number of ether oxygens (including phenoxy) is 1. The topological polar surface area (TPSA) is 66.9 Å².